The first-order valence-corrected chi connectivity index (χ1v) is 36.2. The molecule has 0 fully saturated rings. The van der Waals surface area contributed by atoms with Gasteiger partial charge < -0.3 is 15.5 Å². The van der Waals surface area contributed by atoms with Crippen LogP contribution in [0.2, 0.25) is 0 Å². The molecule has 0 radical (unpaired) electrons. The molecule has 0 aliphatic heterocycles. The molecule has 0 aromatic carbocycles. The minimum atomic E-state index is -0.862. The highest BCUT2D eigenvalue weighted by molar-refractivity contribution is 5.76. The van der Waals surface area contributed by atoms with Gasteiger partial charge in [0.15, 0.2) is 0 Å². The summed E-state index contributed by atoms with van der Waals surface area (Å²) in [4.78, 5) is 12.5. The molecular formula is C74H143NO3. The van der Waals surface area contributed by atoms with E-state index in [1.54, 1.807) is 6.08 Å². The smallest absolute Gasteiger partial charge is 0.220 e. The summed E-state index contributed by atoms with van der Waals surface area (Å²) >= 11 is 0. The van der Waals surface area contributed by atoms with Gasteiger partial charge in [0.2, 0.25) is 5.91 Å². The molecule has 0 saturated carbocycles. The third-order valence-corrected chi connectivity index (χ3v) is 17.1. The van der Waals surface area contributed by atoms with Gasteiger partial charge in [-0.2, -0.15) is 0 Å². The highest BCUT2D eigenvalue weighted by atomic mass is 16.3. The predicted molar refractivity (Wildman–Crippen MR) is 350 cm³/mol. The van der Waals surface area contributed by atoms with Gasteiger partial charge in [0, 0.05) is 6.42 Å². The van der Waals surface area contributed by atoms with Crippen molar-refractivity contribution in [2.45, 2.75) is 424 Å². The van der Waals surface area contributed by atoms with E-state index in [0.717, 1.165) is 32.1 Å². The maximum atomic E-state index is 12.5. The van der Waals surface area contributed by atoms with E-state index in [1.165, 1.54) is 360 Å². The van der Waals surface area contributed by atoms with Crippen molar-refractivity contribution < 1.29 is 15.0 Å². The Kier molecular flexibility index (Phi) is 68.6. The molecule has 1 amide bonds. The van der Waals surface area contributed by atoms with Crippen LogP contribution in [0.5, 0.6) is 0 Å². The lowest BCUT2D eigenvalue weighted by atomic mass is 10.0. The minimum absolute atomic E-state index is 0.0648. The monoisotopic (exact) mass is 1090 g/mol. The molecule has 78 heavy (non-hydrogen) atoms. The van der Waals surface area contributed by atoms with Crippen LogP contribution in [0.25, 0.3) is 0 Å². The van der Waals surface area contributed by atoms with Crippen molar-refractivity contribution in [1.29, 1.82) is 0 Å². The summed E-state index contributed by atoms with van der Waals surface area (Å²) in [5.74, 6) is -0.0648. The molecule has 2 unspecified atom stereocenters. The summed E-state index contributed by atoms with van der Waals surface area (Å²) in [7, 11) is 0. The fraction of sp³-hybridized carbons (Fsp3) is 0.905. The topological polar surface area (TPSA) is 69.6 Å². The van der Waals surface area contributed by atoms with E-state index >= 15 is 0 Å². The van der Waals surface area contributed by atoms with Gasteiger partial charge in [-0.1, -0.05) is 384 Å². The number of nitrogens with one attached hydrogen (secondary N) is 1. The Hall–Kier alpha value is -1.39. The first kappa shape index (κ1) is 76.6. The normalized spacial score (nSPS) is 12.8. The summed E-state index contributed by atoms with van der Waals surface area (Å²) in [5.41, 5.74) is 0. The number of hydrogen-bond acceptors (Lipinski definition) is 3. The lowest BCUT2D eigenvalue weighted by Crippen LogP contribution is -2.45. The average molecular weight is 1090 g/mol. The third-order valence-electron chi connectivity index (χ3n) is 17.1. The maximum absolute atomic E-state index is 12.5. The molecule has 0 saturated heterocycles. The van der Waals surface area contributed by atoms with Gasteiger partial charge in [-0.15, -0.1) is 0 Å². The average Bonchev–Trinajstić information content (AvgIpc) is 3.44. The number of aliphatic hydroxyl groups excluding tert-OH is 2. The zero-order chi connectivity index (χ0) is 56.2. The molecule has 462 valence electrons. The Morgan fingerprint density at radius 1 is 0.295 bits per heavy atom. The lowest BCUT2D eigenvalue weighted by Gasteiger charge is -2.19. The van der Waals surface area contributed by atoms with Crippen molar-refractivity contribution in [2.75, 3.05) is 6.61 Å². The van der Waals surface area contributed by atoms with Crippen LogP contribution in [0.1, 0.15) is 412 Å². The van der Waals surface area contributed by atoms with Crippen molar-refractivity contribution in [3.8, 4) is 0 Å². The molecule has 0 heterocycles. The van der Waals surface area contributed by atoms with Gasteiger partial charge >= 0.3 is 0 Å². The summed E-state index contributed by atoms with van der Waals surface area (Å²) in [5, 5.41) is 23.3. The highest BCUT2D eigenvalue weighted by Gasteiger charge is 2.18. The number of aliphatic hydroxyl groups is 2. The minimum Gasteiger partial charge on any atom is -0.394 e. The summed E-state index contributed by atoms with van der Waals surface area (Å²) < 4.78 is 0. The standard InChI is InChI=1S/C74H143NO3/c1-3-5-7-9-11-13-15-17-19-21-23-25-27-29-30-31-32-33-34-35-36-37-38-39-40-41-42-43-44-46-48-50-52-54-56-58-60-62-64-66-68-70-74(78)75-72(71-76)73(77)69-67-65-63-61-59-57-55-53-51-49-47-45-28-26-24-22-20-18-16-14-12-10-8-6-4-2/h21,23,59,61,67,69,72-73,76-77H,3-20,22,24-58,60,62-66,68,70-71H2,1-2H3,(H,75,78)/b23-21-,61-59+,69-67+. The van der Waals surface area contributed by atoms with Crippen LogP contribution in [0.15, 0.2) is 36.5 Å². The van der Waals surface area contributed by atoms with Crippen LogP contribution in [-0.2, 0) is 4.79 Å². The zero-order valence-corrected chi connectivity index (χ0v) is 53.5. The van der Waals surface area contributed by atoms with Crippen LogP contribution >= 0.6 is 0 Å². The van der Waals surface area contributed by atoms with Crippen LogP contribution in [0.3, 0.4) is 0 Å². The first-order valence-electron chi connectivity index (χ1n) is 36.2. The number of allylic oxidation sites excluding steroid dienone is 5. The van der Waals surface area contributed by atoms with E-state index in [0.29, 0.717) is 6.42 Å². The van der Waals surface area contributed by atoms with E-state index in [2.05, 4.69) is 43.5 Å². The SMILES string of the molecule is CCCCCCCCCC/C=C\CCCCCCCCCCCCCCCCCCCCCCCCCCCCCCCC(=O)NC(CO)C(O)/C=C/CC/C=C/CCCCCCCCCCCCCCCCCCCCC. The number of unbranched alkanes of at least 4 members (excludes halogenated alkanes) is 57. The number of amides is 1. The van der Waals surface area contributed by atoms with Crippen molar-refractivity contribution in [2.24, 2.45) is 0 Å². The highest BCUT2D eigenvalue weighted by Crippen LogP contribution is 2.19. The molecule has 0 aliphatic rings. The van der Waals surface area contributed by atoms with E-state index in [4.69, 9.17) is 0 Å². The van der Waals surface area contributed by atoms with Crippen molar-refractivity contribution in [3.05, 3.63) is 36.5 Å². The molecule has 0 aromatic rings. The van der Waals surface area contributed by atoms with E-state index in [-0.39, 0.29) is 12.5 Å². The van der Waals surface area contributed by atoms with Crippen LogP contribution in [0, 0.1) is 0 Å². The van der Waals surface area contributed by atoms with Crippen molar-refractivity contribution in [3.63, 3.8) is 0 Å². The van der Waals surface area contributed by atoms with Crippen LogP contribution in [-0.4, -0.2) is 34.9 Å². The molecule has 0 spiro atoms. The molecule has 0 rings (SSSR count). The largest absolute Gasteiger partial charge is 0.394 e. The first-order chi connectivity index (χ1) is 38.7. The molecule has 0 aliphatic carbocycles. The molecule has 2 atom stereocenters. The van der Waals surface area contributed by atoms with Gasteiger partial charge in [0.05, 0.1) is 18.8 Å². The second-order valence-corrected chi connectivity index (χ2v) is 25.0. The van der Waals surface area contributed by atoms with Gasteiger partial charge in [-0.3, -0.25) is 4.79 Å². The van der Waals surface area contributed by atoms with Crippen LogP contribution in [0.4, 0.5) is 0 Å². The van der Waals surface area contributed by atoms with Crippen molar-refractivity contribution in [1.82, 2.24) is 5.32 Å². The van der Waals surface area contributed by atoms with Crippen molar-refractivity contribution >= 4 is 5.91 Å². The summed E-state index contributed by atoms with van der Waals surface area (Å²) in [6, 6.07) is -0.639. The maximum Gasteiger partial charge on any atom is 0.220 e. The Balaban J connectivity index is 3.40. The molecular weight excluding hydrogens is 951 g/mol. The Morgan fingerprint density at radius 3 is 0.744 bits per heavy atom. The molecule has 4 nitrogen and oxygen atoms in total. The molecule has 0 aromatic heterocycles. The lowest BCUT2D eigenvalue weighted by molar-refractivity contribution is -0.123. The summed E-state index contributed by atoms with van der Waals surface area (Å²) in [6.45, 7) is 4.34. The van der Waals surface area contributed by atoms with Gasteiger partial charge in [-0.05, 0) is 57.8 Å². The third kappa shape index (κ3) is 65.4. The van der Waals surface area contributed by atoms with E-state index in [1.807, 2.05) is 6.08 Å². The summed E-state index contributed by atoms with van der Waals surface area (Å²) in [6.07, 6.45) is 96.9. The second-order valence-electron chi connectivity index (χ2n) is 25.0. The van der Waals surface area contributed by atoms with E-state index < -0.39 is 12.1 Å². The Bertz CT molecular complexity index is 1190. The Morgan fingerprint density at radius 2 is 0.500 bits per heavy atom. The number of carbonyl (C=O) groups is 1. The fourth-order valence-electron chi connectivity index (χ4n) is 11.6. The number of hydrogen-bond donors (Lipinski definition) is 3. The molecule has 4 heteroatoms. The zero-order valence-electron chi connectivity index (χ0n) is 53.5. The number of carbonyl (C=O) groups excluding carboxylic acids is 1. The van der Waals surface area contributed by atoms with Gasteiger partial charge in [0.25, 0.3) is 0 Å². The molecule has 0 bridgehead atoms. The Labute approximate surface area is 491 Å². The van der Waals surface area contributed by atoms with Gasteiger partial charge in [-0.25, -0.2) is 0 Å². The molecule has 3 N–H and O–H groups in total. The van der Waals surface area contributed by atoms with Gasteiger partial charge in [0.1, 0.15) is 0 Å². The van der Waals surface area contributed by atoms with E-state index in [9.17, 15) is 15.0 Å². The fourth-order valence-corrected chi connectivity index (χ4v) is 11.6. The quantitative estimate of drug-likeness (QED) is 0.0420. The second kappa shape index (κ2) is 69.9. The number of rotatable bonds is 68. The predicted octanol–water partition coefficient (Wildman–Crippen LogP) is 24.7. The van der Waals surface area contributed by atoms with Crippen LogP contribution < -0.4 is 5.32 Å².